The van der Waals surface area contributed by atoms with Crippen LogP contribution in [0.5, 0.6) is 11.5 Å². The summed E-state index contributed by atoms with van der Waals surface area (Å²) in [5.74, 6) is 0.874. The Hall–Kier alpha value is -1.36. The van der Waals surface area contributed by atoms with Crippen molar-refractivity contribution in [2.45, 2.75) is 13.3 Å². The van der Waals surface area contributed by atoms with Gasteiger partial charge in [-0.25, -0.2) is 0 Å². The summed E-state index contributed by atoms with van der Waals surface area (Å²) < 4.78 is 26.5. The molecule has 0 radical (unpaired) electrons. The molecule has 1 atom stereocenters. The third-order valence-electron chi connectivity index (χ3n) is 2.55. The molecule has 1 aliphatic heterocycles. The highest BCUT2D eigenvalue weighted by Gasteiger charge is 2.23. The smallest absolute Gasteiger partial charge is 0.335 e. The van der Waals surface area contributed by atoms with Crippen molar-refractivity contribution in [3.05, 3.63) is 23.8 Å². The lowest BCUT2D eigenvalue weighted by molar-refractivity contribution is -0.116. The molecule has 0 saturated carbocycles. The molecule has 6 nitrogen and oxygen atoms in total. The SMILES string of the molecule is CCOP(=O)(O)CC(=O)Cc1ccc2c(c1)OCO2. The van der Waals surface area contributed by atoms with Gasteiger partial charge in [-0.15, -0.1) is 0 Å². The first kappa shape index (κ1) is 14.1. The predicted molar refractivity (Wildman–Crippen MR) is 67.6 cm³/mol. The average molecular weight is 286 g/mol. The Bertz CT molecular complexity index is 527. The zero-order chi connectivity index (χ0) is 13.9. The molecule has 0 aliphatic carbocycles. The van der Waals surface area contributed by atoms with Crippen LogP contribution in [0.1, 0.15) is 12.5 Å². The highest BCUT2D eigenvalue weighted by molar-refractivity contribution is 7.53. The number of hydrogen-bond acceptors (Lipinski definition) is 5. The van der Waals surface area contributed by atoms with Gasteiger partial charge >= 0.3 is 7.60 Å². The first-order chi connectivity index (χ1) is 9.00. The lowest BCUT2D eigenvalue weighted by atomic mass is 10.1. The second-order valence-electron chi connectivity index (χ2n) is 4.12. The van der Waals surface area contributed by atoms with Gasteiger partial charge in [0.05, 0.1) is 6.61 Å². The van der Waals surface area contributed by atoms with E-state index < -0.39 is 13.8 Å². The number of carbonyl (C=O) groups is 1. The molecule has 19 heavy (non-hydrogen) atoms. The van der Waals surface area contributed by atoms with Gasteiger partial charge in [-0.1, -0.05) is 6.07 Å². The predicted octanol–water partition coefficient (Wildman–Crippen LogP) is 1.75. The van der Waals surface area contributed by atoms with Crippen LogP contribution in [-0.2, 0) is 20.3 Å². The van der Waals surface area contributed by atoms with Crippen LogP contribution in [0.4, 0.5) is 0 Å². The van der Waals surface area contributed by atoms with E-state index in [-0.39, 0.29) is 25.6 Å². The molecular weight excluding hydrogens is 271 g/mol. The van der Waals surface area contributed by atoms with Crippen LogP contribution in [0.2, 0.25) is 0 Å². The fourth-order valence-electron chi connectivity index (χ4n) is 1.80. The zero-order valence-corrected chi connectivity index (χ0v) is 11.4. The first-order valence-corrected chi connectivity index (χ1v) is 7.63. The standard InChI is InChI=1S/C12H15O6P/c1-2-18-19(14,15)7-10(13)5-9-3-4-11-12(6-9)17-8-16-11/h3-4,6H,2,5,7-8H2,1H3,(H,14,15). The molecule has 1 unspecified atom stereocenters. The van der Waals surface area contributed by atoms with E-state index in [1.54, 1.807) is 25.1 Å². The number of carbonyl (C=O) groups excluding carboxylic acids is 1. The molecular formula is C12H15O6P. The molecule has 1 aromatic carbocycles. The lowest BCUT2D eigenvalue weighted by Crippen LogP contribution is -2.10. The van der Waals surface area contributed by atoms with Crippen LogP contribution in [0.25, 0.3) is 0 Å². The van der Waals surface area contributed by atoms with Gasteiger partial charge in [0, 0.05) is 6.42 Å². The van der Waals surface area contributed by atoms with Crippen molar-refractivity contribution < 1.29 is 28.3 Å². The fourth-order valence-corrected chi connectivity index (χ4v) is 2.86. The van der Waals surface area contributed by atoms with E-state index in [4.69, 9.17) is 9.47 Å². The van der Waals surface area contributed by atoms with Crippen molar-refractivity contribution >= 4 is 13.4 Å². The Morgan fingerprint density at radius 3 is 2.89 bits per heavy atom. The highest BCUT2D eigenvalue weighted by atomic mass is 31.2. The highest BCUT2D eigenvalue weighted by Crippen LogP contribution is 2.41. The Morgan fingerprint density at radius 1 is 1.42 bits per heavy atom. The Kier molecular flexibility index (Phi) is 4.24. The summed E-state index contributed by atoms with van der Waals surface area (Å²) in [7, 11) is -3.81. The van der Waals surface area contributed by atoms with Crippen LogP contribution in [-0.4, -0.2) is 30.2 Å². The van der Waals surface area contributed by atoms with E-state index in [2.05, 4.69) is 4.52 Å². The monoisotopic (exact) mass is 286 g/mol. The summed E-state index contributed by atoms with van der Waals surface area (Å²) in [6.45, 7) is 1.87. The average Bonchev–Trinajstić information content (AvgIpc) is 2.74. The van der Waals surface area contributed by atoms with E-state index in [1.165, 1.54) is 0 Å². The second-order valence-corrected chi connectivity index (χ2v) is 5.97. The third kappa shape index (κ3) is 3.80. The molecule has 1 aliphatic rings. The quantitative estimate of drug-likeness (QED) is 0.802. The summed E-state index contributed by atoms with van der Waals surface area (Å²) in [5.41, 5.74) is 0.714. The number of fused-ring (bicyclic) bond motifs is 1. The molecule has 1 N–H and O–H groups in total. The molecule has 0 saturated heterocycles. The summed E-state index contributed by atoms with van der Waals surface area (Å²) >= 11 is 0. The number of Topliss-reactive ketones (excluding diaryl/α,β-unsaturated/α-hetero) is 1. The summed E-state index contributed by atoms with van der Waals surface area (Å²) in [5, 5.41) is 0. The number of ketones is 1. The van der Waals surface area contributed by atoms with Gasteiger partial charge in [-0.2, -0.15) is 0 Å². The maximum absolute atomic E-state index is 11.7. The number of benzene rings is 1. The molecule has 104 valence electrons. The molecule has 1 heterocycles. The van der Waals surface area contributed by atoms with Gasteiger partial charge in [-0.3, -0.25) is 9.36 Å². The third-order valence-corrected chi connectivity index (χ3v) is 3.96. The topological polar surface area (TPSA) is 82.1 Å². The van der Waals surface area contributed by atoms with E-state index in [0.717, 1.165) is 0 Å². The van der Waals surface area contributed by atoms with Gasteiger partial charge < -0.3 is 18.9 Å². The van der Waals surface area contributed by atoms with Gasteiger partial charge in [0.1, 0.15) is 11.9 Å². The van der Waals surface area contributed by atoms with Gasteiger partial charge in [-0.05, 0) is 24.6 Å². The van der Waals surface area contributed by atoms with Gasteiger partial charge in [0.25, 0.3) is 0 Å². The minimum absolute atomic E-state index is 0.0638. The second kappa shape index (κ2) is 5.74. The van der Waals surface area contributed by atoms with E-state index >= 15 is 0 Å². The van der Waals surface area contributed by atoms with Crippen LogP contribution >= 0.6 is 7.60 Å². The van der Waals surface area contributed by atoms with Crippen molar-refractivity contribution in [3.8, 4) is 11.5 Å². The number of ether oxygens (including phenoxy) is 2. The molecule has 0 spiro atoms. The van der Waals surface area contributed by atoms with Crippen LogP contribution < -0.4 is 9.47 Å². The Labute approximate surface area is 110 Å². The van der Waals surface area contributed by atoms with Crippen molar-refractivity contribution in [3.63, 3.8) is 0 Å². The van der Waals surface area contributed by atoms with Crippen LogP contribution in [0.15, 0.2) is 18.2 Å². The van der Waals surface area contributed by atoms with Crippen molar-refractivity contribution in [2.75, 3.05) is 19.6 Å². The van der Waals surface area contributed by atoms with E-state index in [0.29, 0.717) is 17.1 Å². The first-order valence-electron chi connectivity index (χ1n) is 5.87. The lowest BCUT2D eigenvalue weighted by Gasteiger charge is -2.09. The minimum atomic E-state index is -3.81. The van der Waals surface area contributed by atoms with Crippen LogP contribution in [0, 0.1) is 0 Å². The molecule has 0 bridgehead atoms. The maximum Gasteiger partial charge on any atom is 0.335 e. The summed E-state index contributed by atoms with van der Waals surface area (Å²) in [6, 6.07) is 5.14. The Balaban J connectivity index is 1.98. The van der Waals surface area contributed by atoms with Crippen molar-refractivity contribution in [1.82, 2.24) is 0 Å². The molecule has 7 heteroatoms. The van der Waals surface area contributed by atoms with Crippen LogP contribution in [0.3, 0.4) is 0 Å². The van der Waals surface area contributed by atoms with Crippen molar-refractivity contribution in [2.24, 2.45) is 0 Å². The number of hydrogen-bond donors (Lipinski definition) is 1. The minimum Gasteiger partial charge on any atom is -0.454 e. The van der Waals surface area contributed by atoms with E-state index in [9.17, 15) is 14.3 Å². The number of rotatable bonds is 6. The molecule has 0 fully saturated rings. The van der Waals surface area contributed by atoms with Gasteiger partial charge in [0.2, 0.25) is 6.79 Å². The largest absolute Gasteiger partial charge is 0.454 e. The molecule has 0 amide bonds. The maximum atomic E-state index is 11.7. The molecule has 0 aromatic heterocycles. The Morgan fingerprint density at radius 2 is 2.16 bits per heavy atom. The molecule has 2 rings (SSSR count). The van der Waals surface area contributed by atoms with Crippen molar-refractivity contribution in [1.29, 1.82) is 0 Å². The molecule has 1 aromatic rings. The van der Waals surface area contributed by atoms with E-state index in [1.807, 2.05) is 0 Å². The summed E-state index contributed by atoms with van der Waals surface area (Å²) in [4.78, 5) is 21.1. The zero-order valence-electron chi connectivity index (χ0n) is 10.5. The normalized spacial score (nSPS) is 16.1. The fraction of sp³-hybridized carbons (Fsp3) is 0.417. The summed E-state index contributed by atoms with van der Waals surface area (Å²) in [6.07, 6.45) is -0.413. The van der Waals surface area contributed by atoms with Gasteiger partial charge in [0.15, 0.2) is 11.5 Å².